The summed E-state index contributed by atoms with van der Waals surface area (Å²) in [6, 6.07) is 5.74. The van der Waals surface area contributed by atoms with Crippen molar-refractivity contribution in [2.45, 2.75) is 18.9 Å². The number of amides is 1. The van der Waals surface area contributed by atoms with Crippen LogP contribution < -0.4 is 10.5 Å². The Morgan fingerprint density at radius 2 is 2.36 bits per heavy atom. The molecule has 1 amide bonds. The largest absolute Gasteiger partial charge is 0.493 e. The smallest absolute Gasteiger partial charge is 0.261 e. The van der Waals surface area contributed by atoms with Gasteiger partial charge in [-0.1, -0.05) is 30.7 Å². The summed E-state index contributed by atoms with van der Waals surface area (Å²) in [6.45, 7) is 6.13. The number of fused-ring (bicyclic) bond motifs is 2. The lowest BCUT2D eigenvalue weighted by Gasteiger charge is -2.32. The zero-order valence-corrected chi connectivity index (χ0v) is 14.5. The zero-order chi connectivity index (χ0) is 18.2. The van der Waals surface area contributed by atoms with Crippen LogP contribution >= 0.6 is 0 Å². The first-order chi connectivity index (χ1) is 11.9. The number of hydrogen-bond acceptors (Lipinski definition) is 4. The standard InChI is InChI=1S/C20H21N3O2/c1-5-7-15(13(3)6-2)14-8-9-17-16(12-14)20(10-11-25-17)18(24)23(4)19(21)22-20/h2,5,7-9,12-13H,1,10-11H2,3-4H3,(H2,21,22)/b15-7+/t13?,20-/m1/s1. The SMILES string of the molecule is C#CC(C)/C(=C\C=C)c1ccc2c(c1)[C@@]1(CCO2)N=C(N)N(C)C1=O. The minimum atomic E-state index is -1.01. The summed E-state index contributed by atoms with van der Waals surface area (Å²) in [4.78, 5) is 18.8. The van der Waals surface area contributed by atoms with Crippen molar-refractivity contribution in [1.82, 2.24) is 4.90 Å². The fourth-order valence-electron chi connectivity index (χ4n) is 3.35. The molecule has 25 heavy (non-hydrogen) atoms. The minimum Gasteiger partial charge on any atom is -0.493 e. The maximum atomic E-state index is 12.9. The fraction of sp³-hybridized carbons (Fsp3) is 0.300. The molecule has 0 fully saturated rings. The van der Waals surface area contributed by atoms with Gasteiger partial charge in [0.25, 0.3) is 5.91 Å². The molecule has 1 aromatic rings. The van der Waals surface area contributed by atoms with Gasteiger partial charge in [-0.3, -0.25) is 9.69 Å². The number of hydrogen-bond donors (Lipinski definition) is 1. The molecule has 128 valence electrons. The lowest BCUT2D eigenvalue weighted by molar-refractivity contribution is -0.131. The van der Waals surface area contributed by atoms with Crippen molar-refractivity contribution >= 4 is 17.4 Å². The predicted octanol–water partition coefficient (Wildman–Crippen LogP) is 2.29. The first-order valence-corrected chi connectivity index (χ1v) is 8.14. The Morgan fingerprint density at radius 1 is 1.60 bits per heavy atom. The lowest BCUT2D eigenvalue weighted by atomic mass is 9.82. The van der Waals surface area contributed by atoms with Crippen LogP contribution in [0.5, 0.6) is 5.75 Å². The summed E-state index contributed by atoms with van der Waals surface area (Å²) in [5.41, 5.74) is 7.50. The molecule has 0 saturated carbocycles. The Labute approximate surface area is 147 Å². The summed E-state index contributed by atoms with van der Waals surface area (Å²) in [6.07, 6.45) is 9.66. The second kappa shape index (κ2) is 6.14. The van der Waals surface area contributed by atoms with Gasteiger partial charge in [-0.05, 0) is 30.2 Å². The Hall–Kier alpha value is -3.00. The van der Waals surface area contributed by atoms with Crippen molar-refractivity contribution in [2.24, 2.45) is 16.6 Å². The van der Waals surface area contributed by atoms with Crippen molar-refractivity contribution in [3.05, 3.63) is 48.1 Å². The average molecular weight is 335 g/mol. The van der Waals surface area contributed by atoms with Crippen molar-refractivity contribution in [3.63, 3.8) is 0 Å². The molecule has 5 nitrogen and oxygen atoms in total. The van der Waals surface area contributed by atoms with E-state index in [1.54, 1.807) is 13.1 Å². The van der Waals surface area contributed by atoms with Gasteiger partial charge in [0.2, 0.25) is 0 Å². The Bertz CT molecular complexity index is 847. The lowest BCUT2D eigenvalue weighted by Crippen LogP contribution is -2.43. The number of likely N-dealkylation sites (N-methyl/N-ethyl adjacent to an activating group) is 1. The van der Waals surface area contributed by atoms with Gasteiger partial charge in [-0.25, -0.2) is 4.99 Å². The van der Waals surface area contributed by atoms with E-state index >= 15 is 0 Å². The van der Waals surface area contributed by atoms with Crippen molar-refractivity contribution in [2.75, 3.05) is 13.7 Å². The predicted molar refractivity (Wildman–Crippen MR) is 98.8 cm³/mol. The van der Waals surface area contributed by atoms with Crippen LogP contribution in [0.15, 0.2) is 41.9 Å². The maximum absolute atomic E-state index is 12.9. The monoisotopic (exact) mass is 335 g/mol. The number of carbonyl (C=O) groups excluding carboxylic acids is 1. The molecule has 1 spiro atoms. The molecule has 3 rings (SSSR count). The molecule has 2 aliphatic heterocycles. The van der Waals surface area contributed by atoms with E-state index in [0.29, 0.717) is 18.8 Å². The number of nitrogens with two attached hydrogens (primary N) is 1. The van der Waals surface area contributed by atoms with Crippen molar-refractivity contribution in [3.8, 4) is 18.1 Å². The van der Waals surface area contributed by atoms with Gasteiger partial charge in [0, 0.05) is 24.9 Å². The van der Waals surface area contributed by atoms with Crippen LogP contribution in [0.25, 0.3) is 5.57 Å². The van der Waals surface area contributed by atoms with E-state index in [2.05, 4.69) is 17.5 Å². The van der Waals surface area contributed by atoms with Gasteiger partial charge in [-0.15, -0.1) is 6.42 Å². The molecule has 0 radical (unpaired) electrons. The van der Waals surface area contributed by atoms with Crippen LogP contribution in [-0.2, 0) is 10.3 Å². The number of carbonyl (C=O) groups is 1. The molecule has 2 aliphatic rings. The van der Waals surface area contributed by atoms with Crippen molar-refractivity contribution < 1.29 is 9.53 Å². The molecular weight excluding hydrogens is 314 g/mol. The first-order valence-electron chi connectivity index (χ1n) is 8.14. The zero-order valence-electron chi connectivity index (χ0n) is 14.5. The van der Waals surface area contributed by atoms with Crippen LogP contribution in [0.4, 0.5) is 0 Å². The molecule has 2 heterocycles. The summed E-state index contributed by atoms with van der Waals surface area (Å²) < 4.78 is 5.75. The quantitative estimate of drug-likeness (QED) is 0.681. The highest BCUT2D eigenvalue weighted by molar-refractivity contribution is 6.07. The van der Waals surface area contributed by atoms with E-state index in [1.807, 2.05) is 31.2 Å². The van der Waals surface area contributed by atoms with Gasteiger partial charge in [0.05, 0.1) is 6.61 Å². The van der Waals surface area contributed by atoms with Gasteiger partial charge in [-0.2, -0.15) is 0 Å². The number of guanidine groups is 1. The maximum Gasteiger partial charge on any atom is 0.261 e. The van der Waals surface area contributed by atoms with Gasteiger partial charge >= 0.3 is 0 Å². The van der Waals surface area contributed by atoms with Gasteiger partial charge in [0.15, 0.2) is 11.5 Å². The minimum absolute atomic E-state index is 0.0907. The van der Waals surface area contributed by atoms with Crippen LogP contribution in [0.3, 0.4) is 0 Å². The number of allylic oxidation sites excluding steroid dienone is 3. The Kier molecular flexibility index (Phi) is 4.13. The number of rotatable bonds is 3. The van der Waals surface area contributed by atoms with E-state index in [4.69, 9.17) is 16.9 Å². The number of aliphatic imine (C=N–C) groups is 1. The summed E-state index contributed by atoms with van der Waals surface area (Å²) >= 11 is 0. The number of ether oxygens (including phenoxy) is 1. The molecule has 1 unspecified atom stereocenters. The van der Waals surface area contributed by atoms with E-state index in [9.17, 15) is 4.79 Å². The molecule has 0 aliphatic carbocycles. The molecule has 0 aromatic heterocycles. The van der Waals surface area contributed by atoms with Gasteiger partial charge in [0.1, 0.15) is 5.75 Å². The molecule has 0 bridgehead atoms. The third kappa shape index (κ3) is 2.51. The highest BCUT2D eigenvalue weighted by Crippen LogP contribution is 2.45. The van der Waals surface area contributed by atoms with E-state index < -0.39 is 5.54 Å². The van der Waals surface area contributed by atoms with E-state index in [-0.39, 0.29) is 17.8 Å². The normalized spacial score (nSPS) is 23.6. The van der Waals surface area contributed by atoms with E-state index in [1.165, 1.54) is 4.90 Å². The topological polar surface area (TPSA) is 67.9 Å². The Morgan fingerprint density at radius 3 is 2.96 bits per heavy atom. The molecular formula is C20H21N3O2. The molecule has 5 heteroatoms. The molecule has 2 N–H and O–H groups in total. The first kappa shape index (κ1) is 16.8. The molecule has 0 saturated heterocycles. The highest BCUT2D eigenvalue weighted by atomic mass is 16.5. The summed E-state index contributed by atoms with van der Waals surface area (Å²) in [5.74, 6) is 3.40. The van der Waals surface area contributed by atoms with E-state index in [0.717, 1.165) is 16.7 Å². The second-order valence-electron chi connectivity index (χ2n) is 6.25. The number of terminal acetylenes is 1. The van der Waals surface area contributed by atoms with Crippen LogP contribution in [0.2, 0.25) is 0 Å². The summed E-state index contributed by atoms with van der Waals surface area (Å²) in [5, 5.41) is 0. The Balaban J connectivity index is 2.18. The average Bonchev–Trinajstić information content (AvgIpc) is 2.84. The van der Waals surface area contributed by atoms with Crippen LogP contribution in [0, 0.1) is 18.3 Å². The van der Waals surface area contributed by atoms with Crippen LogP contribution in [-0.4, -0.2) is 30.4 Å². The third-order valence-electron chi connectivity index (χ3n) is 4.80. The van der Waals surface area contributed by atoms with Crippen LogP contribution in [0.1, 0.15) is 24.5 Å². The van der Waals surface area contributed by atoms with Gasteiger partial charge < -0.3 is 10.5 Å². The number of nitrogens with zero attached hydrogens (tertiary/aromatic N) is 2. The highest BCUT2D eigenvalue weighted by Gasteiger charge is 2.51. The molecule has 2 atom stereocenters. The number of benzene rings is 1. The second-order valence-corrected chi connectivity index (χ2v) is 6.25. The molecule has 1 aromatic carbocycles. The fourth-order valence-corrected chi connectivity index (χ4v) is 3.35. The summed E-state index contributed by atoms with van der Waals surface area (Å²) in [7, 11) is 1.64. The van der Waals surface area contributed by atoms with Crippen molar-refractivity contribution in [1.29, 1.82) is 0 Å². The third-order valence-corrected chi connectivity index (χ3v) is 4.80.